The molecule has 0 saturated carbocycles. The first kappa shape index (κ1) is 17.2. The van der Waals surface area contributed by atoms with Crippen LogP contribution in [0, 0.1) is 0 Å². The molecule has 7 nitrogen and oxygen atoms in total. The number of primary amides is 1. The average Bonchev–Trinajstić information content (AvgIpc) is 2.34. The topological polar surface area (TPSA) is 119 Å². The molecule has 0 heterocycles. The van der Waals surface area contributed by atoms with Gasteiger partial charge in [-0.25, -0.2) is 13.1 Å². The van der Waals surface area contributed by atoms with Crippen LogP contribution in [0.3, 0.4) is 0 Å². The number of sulfonamides is 1. The number of nitrogens with two attached hydrogens (primary N) is 1. The zero-order valence-electron chi connectivity index (χ0n) is 10.3. The highest BCUT2D eigenvalue weighted by Crippen LogP contribution is 2.29. The van der Waals surface area contributed by atoms with E-state index in [0.717, 1.165) is 18.2 Å². The first-order valence-corrected chi connectivity index (χ1v) is 6.83. The number of para-hydroxylation sites is 1. The number of benzene rings is 1. The molecule has 0 spiro atoms. The molecular formula is C10H11F3N2O5S. The molecule has 0 radical (unpaired) electrons. The molecule has 0 aliphatic rings. The molecule has 1 atom stereocenters. The summed E-state index contributed by atoms with van der Waals surface area (Å²) in [6.07, 6.45) is -6.88. The molecule has 118 valence electrons. The number of hydrogen-bond donors (Lipinski definition) is 3. The molecular weight excluding hydrogens is 317 g/mol. The maximum atomic E-state index is 12.2. The quantitative estimate of drug-likeness (QED) is 0.663. The maximum absolute atomic E-state index is 12.2. The highest BCUT2D eigenvalue weighted by Gasteiger charge is 2.34. The average molecular weight is 328 g/mol. The molecule has 0 saturated heterocycles. The van der Waals surface area contributed by atoms with Crippen LogP contribution in [-0.4, -0.2) is 38.4 Å². The first-order chi connectivity index (χ1) is 9.53. The summed E-state index contributed by atoms with van der Waals surface area (Å²) in [5.74, 6) is -2.12. The molecule has 1 unspecified atom stereocenters. The lowest BCUT2D eigenvalue weighted by Gasteiger charge is -2.14. The van der Waals surface area contributed by atoms with Gasteiger partial charge in [-0.15, -0.1) is 13.2 Å². The molecule has 0 aliphatic heterocycles. The van der Waals surface area contributed by atoms with Crippen molar-refractivity contribution in [1.82, 2.24) is 4.72 Å². The van der Waals surface area contributed by atoms with E-state index in [1.807, 2.05) is 0 Å². The van der Waals surface area contributed by atoms with Crippen molar-refractivity contribution in [2.75, 3.05) is 6.54 Å². The number of amides is 1. The lowest BCUT2D eigenvalue weighted by atomic mass is 10.3. The maximum Gasteiger partial charge on any atom is 0.573 e. The number of aliphatic hydroxyl groups is 1. The fourth-order valence-corrected chi connectivity index (χ4v) is 2.41. The fourth-order valence-electron chi connectivity index (χ4n) is 1.25. The first-order valence-electron chi connectivity index (χ1n) is 5.35. The second-order valence-electron chi connectivity index (χ2n) is 3.76. The molecule has 1 aromatic carbocycles. The normalized spacial score (nSPS) is 13.7. The van der Waals surface area contributed by atoms with Crippen molar-refractivity contribution < 1.29 is 36.2 Å². The van der Waals surface area contributed by atoms with Crippen molar-refractivity contribution in [1.29, 1.82) is 0 Å². The Morgan fingerprint density at radius 2 is 1.95 bits per heavy atom. The van der Waals surface area contributed by atoms with Crippen LogP contribution < -0.4 is 15.2 Å². The smallest absolute Gasteiger partial charge is 0.404 e. The van der Waals surface area contributed by atoms with Gasteiger partial charge in [0.15, 0.2) is 0 Å². The second-order valence-corrected chi connectivity index (χ2v) is 5.50. The Kier molecular flexibility index (Phi) is 5.15. The number of carbonyl (C=O) groups is 1. The van der Waals surface area contributed by atoms with E-state index in [1.54, 1.807) is 4.72 Å². The molecule has 0 aliphatic carbocycles. The minimum absolute atomic E-state index is 0.780. The molecule has 0 fully saturated rings. The van der Waals surface area contributed by atoms with E-state index in [9.17, 15) is 26.4 Å². The lowest BCUT2D eigenvalue weighted by molar-refractivity contribution is -0.275. The third kappa shape index (κ3) is 5.21. The Bertz CT molecular complexity index is 617. The van der Waals surface area contributed by atoms with Crippen molar-refractivity contribution >= 4 is 15.9 Å². The van der Waals surface area contributed by atoms with Crippen LogP contribution in [0.1, 0.15) is 0 Å². The molecule has 1 amide bonds. The van der Waals surface area contributed by atoms with Crippen molar-refractivity contribution in [2.24, 2.45) is 5.73 Å². The zero-order chi connectivity index (χ0) is 16.3. The number of hydrogen-bond acceptors (Lipinski definition) is 5. The Morgan fingerprint density at radius 3 is 2.48 bits per heavy atom. The summed E-state index contributed by atoms with van der Waals surface area (Å²) in [5, 5.41) is 9.08. The monoisotopic (exact) mass is 328 g/mol. The Balaban J connectivity index is 3.01. The van der Waals surface area contributed by atoms with E-state index in [0.29, 0.717) is 0 Å². The van der Waals surface area contributed by atoms with Gasteiger partial charge in [-0.3, -0.25) is 4.79 Å². The number of rotatable bonds is 6. The van der Waals surface area contributed by atoms with Crippen LogP contribution >= 0.6 is 0 Å². The number of halogens is 3. The van der Waals surface area contributed by atoms with Gasteiger partial charge in [0.1, 0.15) is 16.7 Å². The molecule has 1 rings (SSSR count). The van der Waals surface area contributed by atoms with Gasteiger partial charge in [0.25, 0.3) is 0 Å². The Morgan fingerprint density at radius 1 is 1.38 bits per heavy atom. The highest BCUT2D eigenvalue weighted by atomic mass is 32.2. The number of nitrogens with one attached hydrogen (secondary N) is 1. The second kappa shape index (κ2) is 6.28. The van der Waals surface area contributed by atoms with Crippen molar-refractivity contribution in [3.05, 3.63) is 24.3 Å². The third-order valence-electron chi connectivity index (χ3n) is 2.16. The molecule has 4 N–H and O–H groups in total. The number of ether oxygens (including phenoxy) is 1. The van der Waals surface area contributed by atoms with E-state index in [4.69, 9.17) is 10.8 Å². The van der Waals surface area contributed by atoms with Gasteiger partial charge in [0.2, 0.25) is 15.9 Å². The highest BCUT2D eigenvalue weighted by molar-refractivity contribution is 7.89. The minimum atomic E-state index is -5.07. The predicted octanol–water partition coefficient (Wildman–Crippen LogP) is -0.290. The van der Waals surface area contributed by atoms with Crippen LogP contribution in [0.25, 0.3) is 0 Å². The molecule has 0 bridgehead atoms. The standard InChI is InChI=1S/C10H11F3N2O5S/c11-10(12,13)20-7-3-1-2-4-8(7)21(18,19)15-5-6(16)9(14)17/h1-4,6,15-16H,5H2,(H2,14,17). The molecule has 11 heteroatoms. The van der Waals surface area contributed by atoms with Crippen LogP contribution in [0.2, 0.25) is 0 Å². The summed E-state index contributed by atoms with van der Waals surface area (Å²) in [7, 11) is -4.43. The van der Waals surface area contributed by atoms with Crippen molar-refractivity contribution in [2.45, 2.75) is 17.4 Å². The number of aliphatic hydroxyl groups excluding tert-OH is 1. The summed E-state index contributed by atoms with van der Waals surface area (Å²) in [4.78, 5) is 9.78. The van der Waals surface area contributed by atoms with Crippen LogP contribution in [0.4, 0.5) is 13.2 Å². The minimum Gasteiger partial charge on any atom is -0.404 e. The van der Waals surface area contributed by atoms with Crippen LogP contribution in [-0.2, 0) is 14.8 Å². The van der Waals surface area contributed by atoms with E-state index in [1.165, 1.54) is 6.07 Å². The summed E-state index contributed by atoms with van der Waals surface area (Å²) < 4.78 is 65.6. The summed E-state index contributed by atoms with van der Waals surface area (Å²) in [6, 6.07) is 4.02. The van der Waals surface area contributed by atoms with Gasteiger partial charge >= 0.3 is 6.36 Å². The largest absolute Gasteiger partial charge is 0.573 e. The predicted molar refractivity (Wildman–Crippen MR) is 63.5 cm³/mol. The van der Waals surface area contributed by atoms with Crippen molar-refractivity contribution in [3.8, 4) is 5.75 Å². The fraction of sp³-hybridized carbons (Fsp3) is 0.300. The zero-order valence-corrected chi connectivity index (χ0v) is 11.1. The number of carbonyl (C=O) groups excluding carboxylic acids is 1. The molecule has 0 aromatic heterocycles. The molecule has 21 heavy (non-hydrogen) atoms. The SMILES string of the molecule is NC(=O)C(O)CNS(=O)(=O)c1ccccc1OC(F)(F)F. The summed E-state index contributed by atoms with van der Waals surface area (Å²) >= 11 is 0. The van der Waals surface area contributed by atoms with Gasteiger partial charge < -0.3 is 15.6 Å². The van der Waals surface area contributed by atoms with Gasteiger partial charge in [-0.2, -0.15) is 0 Å². The number of alkyl halides is 3. The van der Waals surface area contributed by atoms with E-state index >= 15 is 0 Å². The Hall–Kier alpha value is -1.85. The van der Waals surface area contributed by atoms with Crippen LogP contribution in [0.15, 0.2) is 29.2 Å². The van der Waals surface area contributed by atoms with E-state index in [-0.39, 0.29) is 0 Å². The van der Waals surface area contributed by atoms with Gasteiger partial charge in [0.05, 0.1) is 0 Å². The third-order valence-corrected chi connectivity index (χ3v) is 3.62. The summed E-state index contributed by atoms with van der Waals surface area (Å²) in [6.45, 7) is -0.780. The van der Waals surface area contributed by atoms with Gasteiger partial charge in [-0.1, -0.05) is 12.1 Å². The van der Waals surface area contributed by atoms with Crippen LogP contribution in [0.5, 0.6) is 5.75 Å². The lowest BCUT2D eigenvalue weighted by Crippen LogP contribution is -2.40. The van der Waals surface area contributed by atoms with Gasteiger partial charge in [-0.05, 0) is 12.1 Å². The van der Waals surface area contributed by atoms with E-state index < -0.39 is 45.6 Å². The van der Waals surface area contributed by atoms with Crippen molar-refractivity contribution in [3.63, 3.8) is 0 Å². The molecule has 1 aromatic rings. The van der Waals surface area contributed by atoms with E-state index in [2.05, 4.69) is 4.74 Å². The summed E-state index contributed by atoms with van der Waals surface area (Å²) in [5.41, 5.74) is 4.72. The van der Waals surface area contributed by atoms with Gasteiger partial charge in [0, 0.05) is 6.54 Å². The Labute approximate surface area is 117 Å².